The zero-order valence-electron chi connectivity index (χ0n) is 5.29. The molecule has 0 aliphatic rings. The van der Waals surface area contributed by atoms with E-state index in [0.717, 1.165) is 0 Å². The molecule has 0 aliphatic heterocycles. The van der Waals surface area contributed by atoms with Gasteiger partial charge in [-0.15, -0.1) is 0 Å². The summed E-state index contributed by atoms with van der Waals surface area (Å²) in [7, 11) is 0. The second kappa shape index (κ2) is 2.39. The third-order valence-corrected chi connectivity index (χ3v) is 1.15. The Balaban J connectivity index is 3.07. The lowest BCUT2D eigenvalue weighted by atomic mass is 10.2. The molecule has 0 heterocycles. The molecule has 3 N–H and O–H groups in total. The van der Waals surface area contributed by atoms with Gasteiger partial charge in [-0.25, -0.2) is 0 Å². The van der Waals surface area contributed by atoms with Gasteiger partial charge in [0.25, 0.3) is 0 Å². The van der Waals surface area contributed by atoms with Crippen LogP contribution in [0.4, 0.5) is 0 Å². The number of hydrogen-bond donors (Lipinski definition) is 2. The minimum Gasteiger partial charge on any atom is -0.384 e. The normalized spacial score (nSPS) is 9.20. The average Bonchev–Trinajstić information content (AvgIpc) is 1.88. The summed E-state index contributed by atoms with van der Waals surface area (Å²) in [5.74, 6) is -0.189. The van der Waals surface area contributed by atoms with Crippen molar-refractivity contribution < 1.29 is 5.11 Å². The maximum atomic E-state index is 10.6. The molecule has 1 radical (unpaired) electrons. The van der Waals surface area contributed by atoms with Crippen molar-refractivity contribution in [1.82, 2.24) is 0 Å². The average molecular weight is 135 g/mol. The predicted molar refractivity (Wildman–Crippen MR) is 37.6 cm³/mol. The summed E-state index contributed by atoms with van der Waals surface area (Å²) in [5, 5.41) is 17.6. The highest BCUT2D eigenvalue weighted by Crippen LogP contribution is 2.10. The number of nitrogens with two attached hydrogens (primary N) is 1. The van der Waals surface area contributed by atoms with Crippen LogP contribution in [-0.2, 0) is 5.11 Å². The molecule has 0 fully saturated rings. The van der Waals surface area contributed by atoms with Crippen LogP contribution in [0.3, 0.4) is 0 Å². The van der Waals surface area contributed by atoms with Crippen LogP contribution in [0.1, 0.15) is 5.56 Å². The highest BCUT2D eigenvalue weighted by atomic mass is 16.3. The highest BCUT2D eigenvalue weighted by Gasteiger charge is 1.96. The summed E-state index contributed by atoms with van der Waals surface area (Å²) in [6.07, 6.45) is 0. The van der Waals surface area contributed by atoms with E-state index in [0.29, 0.717) is 5.56 Å². The third-order valence-electron chi connectivity index (χ3n) is 1.15. The molecule has 10 heavy (non-hydrogen) atoms. The Labute approximate surface area is 58.6 Å². The van der Waals surface area contributed by atoms with Gasteiger partial charge in [0.15, 0.2) is 5.75 Å². The molecule has 0 atom stereocenters. The maximum Gasteiger partial charge on any atom is 0.179 e. The van der Waals surface area contributed by atoms with Crippen LogP contribution in [0.5, 0.6) is 5.75 Å². The second-order valence-electron chi connectivity index (χ2n) is 1.94. The fourth-order valence-electron chi connectivity index (χ4n) is 0.664. The Hall–Kier alpha value is -1.51. The van der Waals surface area contributed by atoms with E-state index in [4.69, 9.17) is 11.1 Å². The summed E-state index contributed by atoms with van der Waals surface area (Å²) in [5.41, 5.74) is 5.61. The molecule has 1 aromatic carbocycles. The van der Waals surface area contributed by atoms with Crippen molar-refractivity contribution in [2.24, 2.45) is 5.73 Å². The number of rotatable bonds is 1. The van der Waals surface area contributed by atoms with Gasteiger partial charge in [0.05, 0.1) is 0 Å². The van der Waals surface area contributed by atoms with Gasteiger partial charge in [0.2, 0.25) is 0 Å². The molecule has 0 aromatic heterocycles. The molecule has 0 aliphatic carbocycles. The zero-order chi connectivity index (χ0) is 7.56. The van der Waals surface area contributed by atoms with E-state index >= 15 is 0 Å². The number of amidine groups is 1. The zero-order valence-corrected chi connectivity index (χ0v) is 5.29. The number of nitrogen functional groups attached to an aromatic ring is 1. The van der Waals surface area contributed by atoms with Gasteiger partial charge >= 0.3 is 0 Å². The molecule has 0 saturated heterocycles. The van der Waals surface area contributed by atoms with Crippen LogP contribution in [0.25, 0.3) is 0 Å². The van der Waals surface area contributed by atoms with E-state index in [1.54, 1.807) is 12.1 Å². The first-order valence-corrected chi connectivity index (χ1v) is 2.81. The molecule has 3 heteroatoms. The summed E-state index contributed by atoms with van der Waals surface area (Å²) in [6.45, 7) is 0. The van der Waals surface area contributed by atoms with Crippen molar-refractivity contribution in [2.45, 2.75) is 0 Å². The smallest absolute Gasteiger partial charge is 0.179 e. The van der Waals surface area contributed by atoms with Gasteiger partial charge in [-0.05, 0) is 12.1 Å². The van der Waals surface area contributed by atoms with Gasteiger partial charge in [0, 0.05) is 5.56 Å². The molecular formula is C7H7N2O. The summed E-state index contributed by atoms with van der Waals surface area (Å²) >= 11 is 0. The summed E-state index contributed by atoms with van der Waals surface area (Å²) in [4.78, 5) is 0. The molecule has 3 nitrogen and oxygen atoms in total. The quantitative estimate of drug-likeness (QED) is 0.439. The van der Waals surface area contributed by atoms with E-state index in [9.17, 15) is 5.11 Å². The van der Waals surface area contributed by atoms with E-state index in [1.165, 1.54) is 12.1 Å². The first-order chi connectivity index (χ1) is 4.70. The Bertz CT molecular complexity index is 258. The highest BCUT2D eigenvalue weighted by molar-refractivity contribution is 5.95. The fraction of sp³-hybridized carbons (Fsp3) is 0. The Morgan fingerprint density at radius 3 is 2.60 bits per heavy atom. The van der Waals surface area contributed by atoms with Crippen molar-refractivity contribution in [3.05, 3.63) is 29.8 Å². The Kier molecular flexibility index (Phi) is 1.58. The maximum absolute atomic E-state index is 10.6. The molecule has 51 valence electrons. The van der Waals surface area contributed by atoms with E-state index in [1.807, 2.05) is 0 Å². The summed E-state index contributed by atoms with van der Waals surface area (Å²) in [6, 6.07) is 5.97. The minimum atomic E-state index is -0.118. The van der Waals surface area contributed by atoms with Crippen LogP contribution in [0, 0.1) is 5.41 Å². The standard InChI is InChI=1S/C7H7N2O/c8-7(9)5-2-1-3-6(10)4-5/h1-4H,(H3,8,9). The fourth-order valence-corrected chi connectivity index (χ4v) is 0.664. The molecular weight excluding hydrogens is 128 g/mol. The molecule has 0 unspecified atom stereocenters. The van der Waals surface area contributed by atoms with E-state index in [-0.39, 0.29) is 11.6 Å². The lowest BCUT2D eigenvalue weighted by Crippen LogP contribution is -2.10. The minimum absolute atomic E-state index is 0.0716. The van der Waals surface area contributed by atoms with Crippen molar-refractivity contribution in [1.29, 1.82) is 5.41 Å². The van der Waals surface area contributed by atoms with Crippen molar-refractivity contribution in [3.8, 4) is 5.75 Å². The number of nitrogens with one attached hydrogen (secondary N) is 1. The monoisotopic (exact) mass is 135 g/mol. The van der Waals surface area contributed by atoms with E-state index in [2.05, 4.69) is 0 Å². The molecule has 0 saturated carbocycles. The molecule has 0 amide bonds. The van der Waals surface area contributed by atoms with Gasteiger partial charge in [-0.1, -0.05) is 12.1 Å². The SMILES string of the molecule is N=C(N)c1cccc([O])c1. The first kappa shape index (κ1) is 6.61. The molecule has 1 aromatic rings. The lowest BCUT2D eigenvalue weighted by molar-refractivity contribution is 0.355. The number of hydrogen-bond acceptors (Lipinski definition) is 1. The van der Waals surface area contributed by atoms with E-state index < -0.39 is 0 Å². The van der Waals surface area contributed by atoms with Gasteiger partial charge in [0.1, 0.15) is 5.84 Å². The van der Waals surface area contributed by atoms with Crippen LogP contribution >= 0.6 is 0 Å². The van der Waals surface area contributed by atoms with Crippen LogP contribution in [0.15, 0.2) is 24.3 Å². The van der Waals surface area contributed by atoms with Gasteiger partial charge in [-0.3, -0.25) is 10.5 Å². The van der Waals surface area contributed by atoms with Crippen LogP contribution in [0.2, 0.25) is 0 Å². The third kappa shape index (κ3) is 1.25. The Morgan fingerprint density at radius 1 is 1.50 bits per heavy atom. The molecule has 0 spiro atoms. The first-order valence-electron chi connectivity index (χ1n) is 2.81. The molecule has 0 bridgehead atoms. The summed E-state index contributed by atoms with van der Waals surface area (Å²) < 4.78 is 0. The lowest BCUT2D eigenvalue weighted by Gasteiger charge is -1.94. The van der Waals surface area contributed by atoms with Crippen molar-refractivity contribution in [2.75, 3.05) is 0 Å². The van der Waals surface area contributed by atoms with Gasteiger partial charge < -0.3 is 5.73 Å². The largest absolute Gasteiger partial charge is 0.384 e. The van der Waals surface area contributed by atoms with Crippen molar-refractivity contribution >= 4 is 5.84 Å². The van der Waals surface area contributed by atoms with Crippen molar-refractivity contribution in [3.63, 3.8) is 0 Å². The molecule has 1 rings (SSSR count). The second-order valence-corrected chi connectivity index (χ2v) is 1.94. The number of benzene rings is 1. The van der Waals surface area contributed by atoms with Crippen LogP contribution < -0.4 is 5.73 Å². The van der Waals surface area contributed by atoms with Crippen LogP contribution in [-0.4, -0.2) is 5.84 Å². The topological polar surface area (TPSA) is 69.8 Å². The Morgan fingerprint density at radius 2 is 2.20 bits per heavy atom. The van der Waals surface area contributed by atoms with Gasteiger partial charge in [-0.2, -0.15) is 0 Å². The predicted octanol–water partition coefficient (Wildman–Crippen LogP) is 1.11.